The van der Waals surface area contributed by atoms with Crippen LogP contribution in [-0.2, 0) is 6.54 Å². The first kappa shape index (κ1) is 14.8. The van der Waals surface area contributed by atoms with Crippen LogP contribution >= 0.6 is 0 Å². The van der Waals surface area contributed by atoms with Crippen LogP contribution in [0.1, 0.15) is 15.9 Å². The van der Waals surface area contributed by atoms with Gasteiger partial charge in [-0.2, -0.15) is 0 Å². The summed E-state index contributed by atoms with van der Waals surface area (Å²) < 4.78 is 0. The van der Waals surface area contributed by atoms with E-state index in [4.69, 9.17) is 0 Å². The average Bonchev–Trinajstić information content (AvgIpc) is 2.62. The van der Waals surface area contributed by atoms with Crippen LogP contribution < -0.4 is 10.6 Å². The Morgan fingerprint density at radius 2 is 1.57 bits per heavy atom. The number of nitrogens with zero attached hydrogens (tertiary/aromatic N) is 1. The van der Waals surface area contributed by atoms with E-state index in [1.807, 2.05) is 66.7 Å². The van der Waals surface area contributed by atoms with Gasteiger partial charge >= 0.3 is 0 Å². The van der Waals surface area contributed by atoms with Gasteiger partial charge in [-0.25, -0.2) is 0 Å². The van der Waals surface area contributed by atoms with Gasteiger partial charge in [0.2, 0.25) is 0 Å². The highest BCUT2D eigenvalue weighted by atomic mass is 16.1. The zero-order valence-electron chi connectivity index (χ0n) is 12.6. The fraction of sp³-hybridized carbons (Fsp3) is 0.0526. The second kappa shape index (κ2) is 7.22. The van der Waals surface area contributed by atoms with Crippen LogP contribution in [0.15, 0.2) is 79.1 Å². The van der Waals surface area contributed by atoms with Crippen molar-refractivity contribution in [3.8, 4) is 0 Å². The number of aromatic nitrogens is 1. The summed E-state index contributed by atoms with van der Waals surface area (Å²) in [4.78, 5) is 16.5. The molecule has 3 rings (SSSR count). The van der Waals surface area contributed by atoms with Crippen molar-refractivity contribution in [2.24, 2.45) is 0 Å². The molecular weight excluding hydrogens is 286 g/mol. The lowest BCUT2D eigenvalue weighted by Crippen LogP contribution is -2.23. The number of amides is 1. The van der Waals surface area contributed by atoms with E-state index in [0.717, 1.165) is 16.9 Å². The van der Waals surface area contributed by atoms with Crippen molar-refractivity contribution >= 4 is 17.3 Å². The van der Waals surface area contributed by atoms with Crippen LogP contribution in [0.5, 0.6) is 0 Å². The molecule has 4 heteroatoms. The third-order valence-corrected chi connectivity index (χ3v) is 3.43. The molecular formula is C19H17N3O. The Kier molecular flexibility index (Phi) is 4.64. The molecule has 0 aliphatic carbocycles. The number of hydrogen-bond acceptors (Lipinski definition) is 3. The predicted octanol–water partition coefficient (Wildman–Crippen LogP) is 3.76. The van der Waals surface area contributed by atoms with E-state index in [1.165, 1.54) is 0 Å². The van der Waals surface area contributed by atoms with Gasteiger partial charge in [-0.05, 0) is 29.8 Å². The van der Waals surface area contributed by atoms with E-state index in [0.29, 0.717) is 12.1 Å². The Labute approximate surface area is 135 Å². The lowest BCUT2D eigenvalue weighted by Gasteiger charge is -2.12. The summed E-state index contributed by atoms with van der Waals surface area (Å²) in [6.45, 7) is 0.503. The van der Waals surface area contributed by atoms with E-state index in [-0.39, 0.29) is 5.91 Å². The van der Waals surface area contributed by atoms with E-state index in [1.54, 1.807) is 12.4 Å². The molecule has 0 saturated heterocycles. The molecule has 0 aliphatic heterocycles. The molecule has 2 N–H and O–H groups in total. The molecule has 3 aromatic rings. The minimum absolute atomic E-state index is 0.106. The lowest BCUT2D eigenvalue weighted by molar-refractivity contribution is 0.0952. The minimum Gasteiger partial charge on any atom is -0.355 e. The Morgan fingerprint density at radius 1 is 0.870 bits per heavy atom. The summed E-state index contributed by atoms with van der Waals surface area (Å²) in [6, 6.07) is 21.0. The van der Waals surface area contributed by atoms with Crippen molar-refractivity contribution in [3.05, 3.63) is 90.3 Å². The monoisotopic (exact) mass is 303 g/mol. The van der Waals surface area contributed by atoms with E-state index >= 15 is 0 Å². The molecule has 114 valence electrons. The van der Waals surface area contributed by atoms with Gasteiger partial charge in [0.15, 0.2) is 0 Å². The summed E-state index contributed by atoms with van der Waals surface area (Å²) in [6.07, 6.45) is 3.42. The van der Waals surface area contributed by atoms with Crippen molar-refractivity contribution in [1.82, 2.24) is 10.3 Å². The molecule has 1 amide bonds. The number of hydrogen-bond donors (Lipinski definition) is 2. The van der Waals surface area contributed by atoms with Gasteiger partial charge in [-0.1, -0.05) is 42.5 Å². The van der Waals surface area contributed by atoms with Gasteiger partial charge in [0, 0.05) is 24.6 Å². The number of anilines is 2. The fourth-order valence-corrected chi connectivity index (χ4v) is 2.25. The Hall–Kier alpha value is -3.14. The Bertz CT molecular complexity index is 773. The van der Waals surface area contributed by atoms with Crippen molar-refractivity contribution in [2.75, 3.05) is 5.32 Å². The van der Waals surface area contributed by atoms with Crippen molar-refractivity contribution in [2.45, 2.75) is 6.54 Å². The van der Waals surface area contributed by atoms with Crippen molar-refractivity contribution < 1.29 is 4.79 Å². The molecule has 0 aliphatic rings. The van der Waals surface area contributed by atoms with Crippen molar-refractivity contribution in [3.63, 3.8) is 0 Å². The standard InChI is InChI=1S/C19H17N3O/c23-19(21-14-15-6-2-1-3-7-15)17-8-4-5-9-18(17)22-16-10-12-20-13-11-16/h1-13H,14H2,(H,20,22)(H,21,23). The zero-order valence-corrected chi connectivity index (χ0v) is 12.6. The van der Waals surface area contributed by atoms with Crippen LogP contribution in [0.25, 0.3) is 0 Å². The van der Waals surface area contributed by atoms with Gasteiger partial charge < -0.3 is 10.6 Å². The molecule has 23 heavy (non-hydrogen) atoms. The van der Waals surface area contributed by atoms with E-state index < -0.39 is 0 Å². The zero-order chi connectivity index (χ0) is 15.9. The van der Waals surface area contributed by atoms with Crippen LogP contribution in [0.4, 0.5) is 11.4 Å². The Morgan fingerprint density at radius 3 is 2.35 bits per heavy atom. The maximum absolute atomic E-state index is 12.5. The highest BCUT2D eigenvalue weighted by Crippen LogP contribution is 2.20. The molecule has 0 spiro atoms. The average molecular weight is 303 g/mol. The van der Waals surface area contributed by atoms with E-state index in [9.17, 15) is 4.79 Å². The second-order valence-electron chi connectivity index (χ2n) is 5.07. The quantitative estimate of drug-likeness (QED) is 0.754. The Balaban J connectivity index is 1.73. The van der Waals surface area contributed by atoms with Crippen molar-refractivity contribution in [1.29, 1.82) is 0 Å². The highest BCUT2D eigenvalue weighted by Gasteiger charge is 2.10. The molecule has 0 unspecified atom stereocenters. The molecule has 0 fully saturated rings. The molecule has 2 aromatic carbocycles. The highest BCUT2D eigenvalue weighted by molar-refractivity contribution is 6.00. The molecule has 1 aromatic heterocycles. The first-order valence-corrected chi connectivity index (χ1v) is 7.41. The number of rotatable bonds is 5. The van der Waals surface area contributed by atoms with Gasteiger partial charge in [-0.3, -0.25) is 9.78 Å². The smallest absolute Gasteiger partial charge is 0.253 e. The third kappa shape index (κ3) is 3.95. The fourth-order valence-electron chi connectivity index (χ4n) is 2.25. The maximum atomic E-state index is 12.5. The molecule has 0 radical (unpaired) electrons. The summed E-state index contributed by atoms with van der Waals surface area (Å²) in [7, 11) is 0. The number of pyridine rings is 1. The van der Waals surface area contributed by atoms with Gasteiger partial charge in [0.1, 0.15) is 0 Å². The first-order chi connectivity index (χ1) is 11.3. The SMILES string of the molecule is O=C(NCc1ccccc1)c1ccccc1Nc1ccncc1. The molecule has 4 nitrogen and oxygen atoms in total. The number of carbonyl (C=O) groups is 1. The van der Waals surface area contributed by atoms with Gasteiger partial charge in [0.05, 0.1) is 11.3 Å². The topological polar surface area (TPSA) is 54.0 Å². The van der Waals surface area contributed by atoms with Crippen LogP contribution in [0.3, 0.4) is 0 Å². The third-order valence-electron chi connectivity index (χ3n) is 3.43. The first-order valence-electron chi connectivity index (χ1n) is 7.41. The summed E-state index contributed by atoms with van der Waals surface area (Å²) in [5.74, 6) is -0.106. The lowest BCUT2D eigenvalue weighted by atomic mass is 10.1. The molecule has 0 bridgehead atoms. The second-order valence-corrected chi connectivity index (χ2v) is 5.07. The number of benzene rings is 2. The largest absolute Gasteiger partial charge is 0.355 e. The van der Waals surface area contributed by atoms with Crippen LogP contribution in [0.2, 0.25) is 0 Å². The number of para-hydroxylation sites is 1. The predicted molar refractivity (Wildman–Crippen MR) is 91.6 cm³/mol. The van der Waals surface area contributed by atoms with Crippen LogP contribution in [-0.4, -0.2) is 10.9 Å². The minimum atomic E-state index is -0.106. The number of nitrogens with one attached hydrogen (secondary N) is 2. The molecule has 0 saturated carbocycles. The molecule has 1 heterocycles. The summed E-state index contributed by atoms with van der Waals surface area (Å²) in [5.41, 5.74) is 3.34. The maximum Gasteiger partial charge on any atom is 0.253 e. The molecule has 0 atom stereocenters. The number of carbonyl (C=O) groups excluding carboxylic acids is 1. The van der Waals surface area contributed by atoms with Gasteiger partial charge in [0.25, 0.3) is 5.91 Å². The van der Waals surface area contributed by atoms with Gasteiger partial charge in [-0.15, -0.1) is 0 Å². The summed E-state index contributed by atoms with van der Waals surface area (Å²) >= 11 is 0. The normalized spacial score (nSPS) is 10.1. The summed E-state index contributed by atoms with van der Waals surface area (Å²) in [5, 5.41) is 6.20. The van der Waals surface area contributed by atoms with E-state index in [2.05, 4.69) is 15.6 Å². The van der Waals surface area contributed by atoms with Crippen LogP contribution in [0, 0.1) is 0 Å².